The molecule has 12 heteroatoms. The van der Waals surface area contributed by atoms with Crippen molar-refractivity contribution in [3.05, 3.63) is 41.7 Å². The van der Waals surface area contributed by atoms with Gasteiger partial charge in [-0.25, -0.2) is 14.8 Å². The topological polar surface area (TPSA) is 125 Å². The van der Waals surface area contributed by atoms with E-state index in [1.165, 1.54) is 0 Å². The number of carbonyl (C=O) groups is 3. The maximum atomic E-state index is 12.4. The van der Waals surface area contributed by atoms with E-state index in [9.17, 15) is 22.8 Å². The number of benzene rings is 1. The molecule has 2 aliphatic rings. The highest BCUT2D eigenvalue weighted by Crippen LogP contribution is 2.31. The van der Waals surface area contributed by atoms with Crippen LogP contribution in [-0.2, 0) is 16.0 Å². The maximum absolute atomic E-state index is 12.4. The summed E-state index contributed by atoms with van der Waals surface area (Å²) < 4.78 is 31.7. The number of fused-ring (bicyclic) bond motifs is 1. The Morgan fingerprint density at radius 3 is 2.44 bits per heavy atom. The number of alkyl halides is 3. The van der Waals surface area contributed by atoms with Crippen molar-refractivity contribution in [1.82, 2.24) is 20.6 Å². The molecule has 0 radical (unpaired) electrons. The van der Waals surface area contributed by atoms with E-state index in [0.717, 1.165) is 49.2 Å². The number of carbonyl (C=O) groups excluding carboxylic acids is 2. The van der Waals surface area contributed by atoms with Gasteiger partial charge in [0, 0.05) is 49.7 Å². The van der Waals surface area contributed by atoms with Crippen LogP contribution in [0.15, 0.2) is 30.6 Å². The summed E-state index contributed by atoms with van der Waals surface area (Å²) in [6, 6.07) is 6.05. The second kappa shape index (κ2) is 10.6. The molecule has 1 atom stereocenters. The molecule has 2 amide bonds. The first-order chi connectivity index (χ1) is 16.1. The first kappa shape index (κ1) is 25.1. The summed E-state index contributed by atoms with van der Waals surface area (Å²) in [5, 5.41) is 13.4. The Morgan fingerprint density at radius 2 is 1.88 bits per heavy atom. The second-order valence-electron chi connectivity index (χ2n) is 7.88. The molecule has 1 aromatic heterocycles. The number of piperidine rings is 1. The summed E-state index contributed by atoms with van der Waals surface area (Å²) in [7, 11) is 0. The number of aromatic nitrogens is 2. The van der Waals surface area contributed by atoms with E-state index in [1.807, 2.05) is 18.2 Å². The molecular formula is C22H24F3N5O4. The third-order valence-corrected chi connectivity index (χ3v) is 5.40. The lowest BCUT2D eigenvalue weighted by Gasteiger charge is -2.23. The van der Waals surface area contributed by atoms with E-state index < -0.39 is 12.1 Å². The number of halogens is 3. The van der Waals surface area contributed by atoms with Crippen LogP contribution in [0.5, 0.6) is 0 Å². The number of carboxylic acid groups (broad SMARTS) is 1. The van der Waals surface area contributed by atoms with Crippen molar-refractivity contribution in [2.45, 2.75) is 38.4 Å². The van der Waals surface area contributed by atoms with Crippen molar-refractivity contribution in [3.8, 4) is 11.4 Å². The van der Waals surface area contributed by atoms with Crippen LogP contribution in [0.3, 0.4) is 0 Å². The van der Waals surface area contributed by atoms with E-state index in [1.54, 1.807) is 24.2 Å². The molecular weight excluding hydrogens is 455 g/mol. The van der Waals surface area contributed by atoms with Crippen LogP contribution < -0.4 is 15.5 Å². The molecule has 1 fully saturated rings. The fourth-order valence-corrected chi connectivity index (χ4v) is 3.71. The van der Waals surface area contributed by atoms with Gasteiger partial charge in [-0.2, -0.15) is 13.2 Å². The minimum atomic E-state index is -5.08. The fourth-order valence-electron chi connectivity index (χ4n) is 3.71. The Labute approximate surface area is 193 Å². The smallest absolute Gasteiger partial charge is 0.475 e. The molecule has 0 bridgehead atoms. The van der Waals surface area contributed by atoms with E-state index >= 15 is 0 Å². The first-order valence-electron chi connectivity index (χ1n) is 10.6. The van der Waals surface area contributed by atoms with Crippen LogP contribution in [0.2, 0.25) is 0 Å². The Hall–Kier alpha value is -3.54. The molecule has 1 saturated heterocycles. The summed E-state index contributed by atoms with van der Waals surface area (Å²) in [5.41, 5.74) is 3.44. The standard InChI is InChI=1S/C20H23N5O2.C2HF3O2/c1-13(26)25-8-6-14-9-15(4-5-18(14)25)19-22-10-16(11-23-19)20(27)24-17-3-2-7-21-12-17;3-2(4,5)1(6)7/h4-5,9-11,17,21H,2-3,6-8,12H2,1H3,(H,24,27);(H,6,7). The molecule has 0 spiro atoms. The zero-order valence-electron chi connectivity index (χ0n) is 18.4. The highest BCUT2D eigenvalue weighted by Gasteiger charge is 2.38. The molecule has 0 saturated carbocycles. The molecule has 4 rings (SSSR count). The Bertz CT molecular complexity index is 1050. The number of aliphatic carboxylic acids is 1. The third-order valence-electron chi connectivity index (χ3n) is 5.40. The average molecular weight is 479 g/mol. The lowest BCUT2D eigenvalue weighted by molar-refractivity contribution is -0.192. The zero-order chi connectivity index (χ0) is 24.9. The first-order valence-corrected chi connectivity index (χ1v) is 10.6. The molecule has 2 aliphatic heterocycles. The molecule has 0 aliphatic carbocycles. The van der Waals surface area contributed by atoms with Crippen LogP contribution in [0, 0.1) is 0 Å². The maximum Gasteiger partial charge on any atom is 0.490 e. The zero-order valence-corrected chi connectivity index (χ0v) is 18.4. The number of hydrogen-bond donors (Lipinski definition) is 3. The summed E-state index contributed by atoms with van der Waals surface area (Å²) >= 11 is 0. The van der Waals surface area contributed by atoms with Gasteiger partial charge in [0.1, 0.15) is 0 Å². The Kier molecular flexibility index (Phi) is 7.82. The molecule has 2 aromatic rings. The number of nitrogens with one attached hydrogen (secondary N) is 2. The van der Waals surface area contributed by atoms with Crippen LogP contribution in [0.25, 0.3) is 11.4 Å². The van der Waals surface area contributed by atoms with Crippen molar-refractivity contribution in [2.75, 3.05) is 24.5 Å². The predicted molar refractivity (Wildman–Crippen MR) is 116 cm³/mol. The number of rotatable bonds is 3. The SMILES string of the molecule is CC(=O)N1CCc2cc(-c3ncc(C(=O)NC4CCCNC4)cn3)ccc21.O=C(O)C(F)(F)F. The summed E-state index contributed by atoms with van der Waals surface area (Å²) in [6.07, 6.45) is 0.953. The monoisotopic (exact) mass is 479 g/mol. The van der Waals surface area contributed by atoms with Crippen molar-refractivity contribution in [3.63, 3.8) is 0 Å². The third kappa shape index (κ3) is 6.28. The average Bonchev–Trinajstić information content (AvgIpc) is 3.23. The quantitative estimate of drug-likeness (QED) is 0.616. The highest BCUT2D eigenvalue weighted by molar-refractivity contribution is 5.95. The van der Waals surface area contributed by atoms with Crippen LogP contribution in [0.4, 0.5) is 18.9 Å². The van der Waals surface area contributed by atoms with E-state index in [0.29, 0.717) is 17.9 Å². The van der Waals surface area contributed by atoms with E-state index in [2.05, 4.69) is 20.6 Å². The number of amides is 2. The summed E-state index contributed by atoms with van der Waals surface area (Å²) in [5.74, 6) is -2.26. The Morgan fingerprint density at radius 1 is 1.21 bits per heavy atom. The predicted octanol–water partition coefficient (Wildman–Crippen LogP) is 2.17. The minimum Gasteiger partial charge on any atom is -0.475 e. The van der Waals surface area contributed by atoms with Gasteiger partial charge in [-0.15, -0.1) is 0 Å². The minimum absolute atomic E-state index is 0.0567. The van der Waals surface area contributed by atoms with Gasteiger partial charge in [0.2, 0.25) is 5.91 Å². The van der Waals surface area contributed by atoms with Crippen LogP contribution in [-0.4, -0.2) is 64.7 Å². The van der Waals surface area contributed by atoms with Crippen molar-refractivity contribution in [2.24, 2.45) is 0 Å². The van der Waals surface area contributed by atoms with Gasteiger partial charge < -0.3 is 20.6 Å². The van der Waals surface area contributed by atoms with Gasteiger partial charge in [-0.3, -0.25) is 9.59 Å². The van der Waals surface area contributed by atoms with Crippen molar-refractivity contribution < 1.29 is 32.7 Å². The molecule has 1 unspecified atom stereocenters. The Balaban J connectivity index is 0.000000406. The van der Waals surface area contributed by atoms with Gasteiger partial charge in [0.15, 0.2) is 5.82 Å². The molecule has 34 heavy (non-hydrogen) atoms. The number of nitrogens with zero attached hydrogens (tertiary/aromatic N) is 3. The largest absolute Gasteiger partial charge is 0.490 e. The number of hydrogen-bond acceptors (Lipinski definition) is 6. The van der Waals surface area contributed by atoms with Crippen LogP contribution in [0.1, 0.15) is 35.7 Å². The lowest BCUT2D eigenvalue weighted by Crippen LogP contribution is -2.45. The lowest BCUT2D eigenvalue weighted by atomic mass is 10.1. The van der Waals surface area contributed by atoms with Crippen molar-refractivity contribution in [1.29, 1.82) is 0 Å². The molecule has 3 N–H and O–H groups in total. The fraction of sp³-hybridized carbons (Fsp3) is 0.409. The van der Waals surface area contributed by atoms with Gasteiger partial charge in [0.05, 0.1) is 5.56 Å². The van der Waals surface area contributed by atoms with Gasteiger partial charge in [0.25, 0.3) is 5.91 Å². The van der Waals surface area contributed by atoms with E-state index in [4.69, 9.17) is 9.90 Å². The molecule has 9 nitrogen and oxygen atoms in total. The van der Waals surface area contributed by atoms with E-state index in [-0.39, 0.29) is 17.9 Å². The summed E-state index contributed by atoms with van der Waals surface area (Å²) in [6.45, 7) is 4.11. The molecule has 1 aromatic carbocycles. The normalized spacial score (nSPS) is 17.3. The highest BCUT2D eigenvalue weighted by atomic mass is 19.4. The summed E-state index contributed by atoms with van der Waals surface area (Å²) in [4.78, 5) is 43.5. The number of anilines is 1. The molecule has 182 valence electrons. The van der Waals surface area contributed by atoms with Gasteiger partial charge >= 0.3 is 12.1 Å². The van der Waals surface area contributed by atoms with Crippen LogP contribution >= 0.6 is 0 Å². The molecule has 3 heterocycles. The van der Waals surface area contributed by atoms with Crippen molar-refractivity contribution >= 4 is 23.5 Å². The number of carboxylic acids is 1. The van der Waals surface area contributed by atoms with Gasteiger partial charge in [-0.05, 0) is 49.6 Å². The van der Waals surface area contributed by atoms with Gasteiger partial charge in [-0.1, -0.05) is 0 Å². The second-order valence-corrected chi connectivity index (χ2v) is 7.88.